The van der Waals surface area contributed by atoms with Crippen LogP contribution in [-0.4, -0.2) is 30.4 Å². The first-order chi connectivity index (χ1) is 10.9. The van der Waals surface area contributed by atoms with Crippen LogP contribution >= 0.6 is 0 Å². The van der Waals surface area contributed by atoms with Gasteiger partial charge < -0.3 is 4.90 Å². The van der Waals surface area contributed by atoms with Crippen molar-refractivity contribution < 1.29 is 0 Å². The SMILES string of the molecule is CC1CCCC(C)N1N=CC=C1N(C)c2ccccc2C1(C)C. The van der Waals surface area contributed by atoms with E-state index in [4.69, 9.17) is 5.10 Å². The van der Waals surface area contributed by atoms with Crippen molar-refractivity contribution in [2.45, 2.75) is 64.5 Å². The van der Waals surface area contributed by atoms with E-state index in [1.165, 1.54) is 36.2 Å². The molecule has 2 aliphatic heterocycles. The summed E-state index contributed by atoms with van der Waals surface area (Å²) in [4.78, 5) is 2.30. The van der Waals surface area contributed by atoms with Crippen LogP contribution in [0.2, 0.25) is 0 Å². The normalized spacial score (nSPS) is 28.7. The molecule has 0 saturated carbocycles. The second-order valence-corrected chi connectivity index (χ2v) is 7.53. The highest BCUT2D eigenvalue weighted by Crippen LogP contribution is 2.46. The largest absolute Gasteiger partial charge is 0.347 e. The third-order valence-corrected chi connectivity index (χ3v) is 5.52. The van der Waals surface area contributed by atoms with E-state index in [0.717, 1.165) is 0 Å². The lowest BCUT2D eigenvalue weighted by Crippen LogP contribution is -2.39. The van der Waals surface area contributed by atoms with E-state index in [0.29, 0.717) is 12.1 Å². The Balaban J connectivity index is 1.84. The van der Waals surface area contributed by atoms with Gasteiger partial charge in [0, 0.05) is 42.1 Å². The number of anilines is 1. The maximum atomic E-state index is 4.78. The number of hydrogen-bond donors (Lipinski definition) is 0. The van der Waals surface area contributed by atoms with E-state index < -0.39 is 0 Å². The highest BCUT2D eigenvalue weighted by Gasteiger charge is 2.37. The summed E-state index contributed by atoms with van der Waals surface area (Å²) in [6, 6.07) is 9.75. The van der Waals surface area contributed by atoms with Crippen LogP contribution < -0.4 is 4.90 Å². The van der Waals surface area contributed by atoms with Gasteiger partial charge in [-0.3, -0.25) is 5.01 Å². The molecule has 0 amide bonds. The number of nitrogens with zero attached hydrogens (tertiary/aromatic N) is 3. The molecule has 3 nitrogen and oxygen atoms in total. The summed E-state index contributed by atoms with van der Waals surface area (Å²) in [5.41, 5.74) is 4.02. The number of allylic oxidation sites excluding steroid dienone is 2. The second kappa shape index (κ2) is 6.03. The summed E-state index contributed by atoms with van der Waals surface area (Å²) in [5, 5.41) is 7.05. The Kier molecular flexibility index (Phi) is 4.22. The van der Waals surface area contributed by atoms with E-state index in [9.17, 15) is 0 Å². The number of piperidine rings is 1. The van der Waals surface area contributed by atoms with Gasteiger partial charge in [0.15, 0.2) is 0 Å². The van der Waals surface area contributed by atoms with Gasteiger partial charge in [0.25, 0.3) is 0 Å². The van der Waals surface area contributed by atoms with Gasteiger partial charge in [-0.15, -0.1) is 0 Å². The third-order valence-electron chi connectivity index (χ3n) is 5.52. The zero-order valence-electron chi connectivity index (χ0n) is 15.1. The van der Waals surface area contributed by atoms with E-state index in [2.05, 4.69) is 75.0 Å². The minimum absolute atomic E-state index is 0.0243. The highest BCUT2D eigenvalue weighted by atomic mass is 15.5. The van der Waals surface area contributed by atoms with Crippen molar-refractivity contribution >= 4 is 11.9 Å². The minimum Gasteiger partial charge on any atom is -0.347 e. The first-order valence-electron chi connectivity index (χ1n) is 8.79. The van der Waals surface area contributed by atoms with Crippen LogP contribution in [0.25, 0.3) is 0 Å². The van der Waals surface area contributed by atoms with Crippen LogP contribution in [0.5, 0.6) is 0 Å². The van der Waals surface area contributed by atoms with Gasteiger partial charge in [0.1, 0.15) is 0 Å². The molecule has 2 heterocycles. The molecule has 0 N–H and O–H groups in total. The molecule has 0 aliphatic carbocycles. The molecule has 2 atom stereocenters. The molecule has 0 bridgehead atoms. The van der Waals surface area contributed by atoms with Crippen molar-refractivity contribution in [3.8, 4) is 0 Å². The molecule has 1 fully saturated rings. The fourth-order valence-electron chi connectivity index (χ4n) is 4.12. The van der Waals surface area contributed by atoms with Crippen LogP contribution in [0.1, 0.15) is 52.5 Å². The van der Waals surface area contributed by atoms with E-state index in [-0.39, 0.29) is 5.41 Å². The molecule has 0 radical (unpaired) electrons. The van der Waals surface area contributed by atoms with Crippen LogP contribution in [0.4, 0.5) is 5.69 Å². The Hall–Kier alpha value is -1.77. The van der Waals surface area contributed by atoms with E-state index >= 15 is 0 Å². The summed E-state index contributed by atoms with van der Waals surface area (Å²) in [6.45, 7) is 9.14. The summed E-state index contributed by atoms with van der Waals surface area (Å²) >= 11 is 0. The Morgan fingerprint density at radius 2 is 1.78 bits per heavy atom. The smallest absolute Gasteiger partial charge is 0.0488 e. The van der Waals surface area contributed by atoms with Crippen LogP contribution in [0.3, 0.4) is 0 Å². The minimum atomic E-state index is 0.0243. The molecule has 23 heavy (non-hydrogen) atoms. The van der Waals surface area contributed by atoms with Crippen molar-refractivity contribution in [2.75, 3.05) is 11.9 Å². The fourth-order valence-corrected chi connectivity index (χ4v) is 4.12. The molecule has 1 saturated heterocycles. The lowest BCUT2D eigenvalue weighted by Gasteiger charge is -2.36. The summed E-state index contributed by atoms with van der Waals surface area (Å²) in [7, 11) is 2.15. The van der Waals surface area contributed by atoms with Crippen LogP contribution in [0.15, 0.2) is 41.1 Å². The number of likely N-dealkylation sites (N-methyl/N-ethyl adjacent to an activating group) is 1. The molecule has 1 aromatic rings. The average molecular weight is 311 g/mol. The fraction of sp³-hybridized carbons (Fsp3) is 0.550. The van der Waals surface area contributed by atoms with Crippen molar-refractivity contribution in [1.82, 2.24) is 5.01 Å². The average Bonchev–Trinajstić information content (AvgIpc) is 2.71. The van der Waals surface area contributed by atoms with Gasteiger partial charge in [-0.2, -0.15) is 5.10 Å². The molecule has 2 unspecified atom stereocenters. The van der Waals surface area contributed by atoms with E-state index in [1.807, 2.05) is 6.21 Å². The van der Waals surface area contributed by atoms with Gasteiger partial charge in [-0.05, 0) is 50.8 Å². The van der Waals surface area contributed by atoms with Crippen molar-refractivity contribution in [1.29, 1.82) is 0 Å². The Morgan fingerprint density at radius 3 is 2.43 bits per heavy atom. The molecule has 2 aliphatic rings. The molecular formula is C20H29N3. The Morgan fingerprint density at radius 1 is 1.13 bits per heavy atom. The second-order valence-electron chi connectivity index (χ2n) is 7.53. The predicted octanol–water partition coefficient (Wildman–Crippen LogP) is 4.55. The molecule has 0 aromatic heterocycles. The monoisotopic (exact) mass is 311 g/mol. The highest BCUT2D eigenvalue weighted by molar-refractivity contribution is 5.79. The first kappa shape index (κ1) is 16.1. The number of benzene rings is 1. The topological polar surface area (TPSA) is 18.8 Å². The predicted molar refractivity (Wildman–Crippen MR) is 99.1 cm³/mol. The summed E-state index contributed by atoms with van der Waals surface area (Å²) < 4.78 is 0. The molecular weight excluding hydrogens is 282 g/mol. The van der Waals surface area contributed by atoms with Gasteiger partial charge in [0.2, 0.25) is 0 Å². The first-order valence-corrected chi connectivity index (χ1v) is 8.79. The van der Waals surface area contributed by atoms with Gasteiger partial charge in [-0.1, -0.05) is 32.0 Å². The zero-order chi connectivity index (χ0) is 16.6. The summed E-state index contributed by atoms with van der Waals surface area (Å²) in [5.74, 6) is 0. The lowest BCUT2D eigenvalue weighted by molar-refractivity contribution is 0.109. The van der Waals surface area contributed by atoms with Crippen molar-refractivity contribution in [3.63, 3.8) is 0 Å². The van der Waals surface area contributed by atoms with Gasteiger partial charge in [0.05, 0.1) is 0 Å². The molecule has 3 heteroatoms. The zero-order valence-corrected chi connectivity index (χ0v) is 15.1. The molecule has 124 valence electrons. The molecule has 1 aromatic carbocycles. The maximum absolute atomic E-state index is 4.78. The van der Waals surface area contributed by atoms with E-state index in [1.54, 1.807) is 0 Å². The van der Waals surface area contributed by atoms with Gasteiger partial charge >= 0.3 is 0 Å². The third kappa shape index (κ3) is 2.77. The number of para-hydroxylation sites is 1. The molecule has 0 spiro atoms. The molecule has 3 rings (SSSR count). The Bertz CT molecular complexity index is 620. The lowest BCUT2D eigenvalue weighted by atomic mass is 9.84. The number of hydrogen-bond acceptors (Lipinski definition) is 3. The quantitative estimate of drug-likeness (QED) is 0.746. The standard InChI is InChI=1S/C20H29N3/c1-15-9-8-10-16(2)23(15)21-14-13-19-20(3,4)17-11-6-7-12-18(17)22(19)5/h6-7,11-16H,8-10H2,1-5H3. The van der Waals surface area contributed by atoms with Crippen LogP contribution in [-0.2, 0) is 5.41 Å². The number of rotatable bonds is 2. The number of hydrazone groups is 1. The van der Waals surface area contributed by atoms with Crippen molar-refractivity contribution in [2.24, 2.45) is 5.10 Å². The number of fused-ring (bicyclic) bond motifs is 1. The summed E-state index contributed by atoms with van der Waals surface area (Å²) in [6.07, 6.45) is 8.00. The van der Waals surface area contributed by atoms with Crippen molar-refractivity contribution in [3.05, 3.63) is 41.6 Å². The van der Waals surface area contributed by atoms with Gasteiger partial charge in [-0.25, -0.2) is 0 Å². The van der Waals surface area contributed by atoms with Crippen LogP contribution in [0, 0.1) is 0 Å². The Labute approximate surface area is 140 Å². The maximum Gasteiger partial charge on any atom is 0.0488 e.